The van der Waals surface area contributed by atoms with Crippen LogP contribution >= 0.6 is 0 Å². The first-order valence-corrected chi connectivity index (χ1v) is 6.30. The van der Waals surface area contributed by atoms with Crippen LogP contribution in [0.1, 0.15) is 12.8 Å². The van der Waals surface area contributed by atoms with Gasteiger partial charge in [0.2, 0.25) is 12.1 Å². The van der Waals surface area contributed by atoms with Crippen molar-refractivity contribution in [3.05, 3.63) is 16.4 Å². The van der Waals surface area contributed by atoms with E-state index in [9.17, 15) is 10.1 Å². The van der Waals surface area contributed by atoms with E-state index in [1.165, 1.54) is 19.2 Å². The Morgan fingerprint density at radius 2 is 2.22 bits per heavy atom. The summed E-state index contributed by atoms with van der Waals surface area (Å²) in [6.07, 6.45) is 3.86. The van der Waals surface area contributed by atoms with Crippen LogP contribution in [0.15, 0.2) is 6.33 Å². The van der Waals surface area contributed by atoms with Crippen molar-refractivity contribution in [1.29, 1.82) is 0 Å². The Kier molecular flexibility index (Phi) is 2.70. The number of nitrogens with zero attached hydrogens (tertiary/aromatic N) is 4. The van der Waals surface area contributed by atoms with Gasteiger partial charge in [0, 0.05) is 19.6 Å². The highest BCUT2D eigenvalue weighted by molar-refractivity contribution is 5.53. The molecule has 1 unspecified atom stereocenters. The molecule has 1 N–H and O–H groups in total. The van der Waals surface area contributed by atoms with Crippen molar-refractivity contribution in [2.75, 3.05) is 25.0 Å². The second-order valence-corrected chi connectivity index (χ2v) is 5.17. The molecule has 2 bridgehead atoms. The van der Waals surface area contributed by atoms with E-state index < -0.39 is 4.92 Å². The number of nitrogens with one attached hydrogen (secondary N) is 1. The van der Waals surface area contributed by atoms with Gasteiger partial charge in [0.1, 0.15) is 0 Å². The average Bonchev–Trinajstić information content (AvgIpc) is 2.73. The van der Waals surface area contributed by atoms with Crippen LogP contribution in [0.2, 0.25) is 0 Å². The third-order valence-electron chi connectivity index (χ3n) is 4.07. The molecular formula is C11H17N5O2. The Labute approximate surface area is 105 Å². The Morgan fingerprint density at radius 3 is 2.78 bits per heavy atom. The lowest BCUT2D eigenvalue weighted by molar-refractivity contribution is -0.388. The standard InChI is InChI=1S/C11H17N5O2/c1-14-7-12-10(16(17)18)11(14)13-9-6-15-4-2-8(9)3-5-15/h7-9,13H,2-6H2,1H3. The quantitative estimate of drug-likeness (QED) is 0.636. The molecule has 4 heterocycles. The number of hydrogen-bond acceptors (Lipinski definition) is 5. The second kappa shape index (κ2) is 4.24. The Bertz CT molecular complexity index is 464. The zero-order chi connectivity index (χ0) is 12.7. The molecule has 7 nitrogen and oxygen atoms in total. The normalized spacial score (nSPS) is 30.4. The molecule has 1 aromatic heterocycles. The summed E-state index contributed by atoms with van der Waals surface area (Å²) >= 11 is 0. The van der Waals surface area contributed by atoms with Gasteiger partial charge in [-0.15, -0.1) is 0 Å². The maximum Gasteiger partial charge on any atom is 0.406 e. The number of rotatable bonds is 3. The third-order valence-corrected chi connectivity index (χ3v) is 4.07. The van der Waals surface area contributed by atoms with Gasteiger partial charge in [-0.3, -0.25) is 4.57 Å². The summed E-state index contributed by atoms with van der Waals surface area (Å²) in [6, 6.07) is 0.307. The molecule has 0 radical (unpaired) electrons. The molecule has 0 aromatic carbocycles. The van der Waals surface area contributed by atoms with Crippen molar-refractivity contribution < 1.29 is 4.92 Å². The number of hydrogen-bond donors (Lipinski definition) is 1. The fourth-order valence-electron chi connectivity index (χ4n) is 3.02. The van der Waals surface area contributed by atoms with E-state index in [1.54, 1.807) is 11.6 Å². The zero-order valence-electron chi connectivity index (χ0n) is 10.4. The number of anilines is 1. The molecular weight excluding hydrogens is 234 g/mol. The van der Waals surface area contributed by atoms with Crippen molar-refractivity contribution in [3.63, 3.8) is 0 Å². The molecule has 0 aliphatic carbocycles. The minimum atomic E-state index is -0.427. The second-order valence-electron chi connectivity index (χ2n) is 5.17. The monoisotopic (exact) mass is 251 g/mol. The van der Waals surface area contributed by atoms with Crippen LogP contribution in [0.5, 0.6) is 0 Å². The summed E-state index contributed by atoms with van der Waals surface area (Å²) < 4.78 is 1.69. The molecule has 18 heavy (non-hydrogen) atoms. The molecule has 1 aromatic rings. The number of fused-ring (bicyclic) bond motifs is 3. The lowest BCUT2D eigenvalue weighted by atomic mass is 9.84. The van der Waals surface area contributed by atoms with Crippen molar-refractivity contribution in [1.82, 2.24) is 14.5 Å². The molecule has 4 rings (SSSR count). The van der Waals surface area contributed by atoms with Gasteiger partial charge in [0.25, 0.3) is 0 Å². The topological polar surface area (TPSA) is 76.2 Å². The highest BCUT2D eigenvalue weighted by atomic mass is 16.6. The number of piperidine rings is 3. The van der Waals surface area contributed by atoms with Gasteiger partial charge in [0.15, 0.2) is 0 Å². The molecule has 0 saturated carbocycles. The Morgan fingerprint density at radius 1 is 1.50 bits per heavy atom. The number of aryl methyl sites for hydroxylation is 1. The summed E-state index contributed by atoms with van der Waals surface area (Å²) in [5.41, 5.74) is 0. The average molecular weight is 251 g/mol. The highest BCUT2D eigenvalue weighted by Gasteiger charge is 2.35. The van der Waals surface area contributed by atoms with E-state index >= 15 is 0 Å². The fourth-order valence-corrected chi connectivity index (χ4v) is 3.02. The largest absolute Gasteiger partial charge is 0.406 e. The smallest absolute Gasteiger partial charge is 0.360 e. The minimum absolute atomic E-state index is 0.0750. The maximum absolute atomic E-state index is 10.9. The van der Waals surface area contributed by atoms with Gasteiger partial charge in [-0.25, -0.2) is 0 Å². The predicted octanol–water partition coefficient (Wildman–Crippen LogP) is 0.834. The first-order valence-electron chi connectivity index (χ1n) is 6.30. The number of nitro groups is 1. The first kappa shape index (κ1) is 11.5. The molecule has 1 atom stereocenters. The fraction of sp³-hybridized carbons (Fsp3) is 0.727. The molecule has 3 fully saturated rings. The maximum atomic E-state index is 10.9. The summed E-state index contributed by atoms with van der Waals surface area (Å²) in [5.74, 6) is 1.08. The highest BCUT2D eigenvalue weighted by Crippen LogP contribution is 2.31. The first-order chi connectivity index (χ1) is 8.65. The summed E-state index contributed by atoms with van der Waals surface area (Å²) in [5, 5.41) is 14.2. The lowest BCUT2D eigenvalue weighted by Gasteiger charge is -2.45. The van der Waals surface area contributed by atoms with Gasteiger partial charge in [0.05, 0.1) is 0 Å². The van der Waals surface area contributed by atoms with Crippen LogP contribution in [0.25, 0.3) is 0 Å². The summed E-state index contributed by atoms with van der Waals surface area (Å²) in [7, 11) is 1.78. The molecule has 0 spiro atoms. The van der Waals surface area contributed by atoms with Crippen LogP contribution in [-0.4, -0.2) is 45.1 Å². The molecule has 3 aliphatic rings. The molecule has 98 valence electrons. The van der Waals surface area contributed by atoms with E-state index in [-0.39, 0.29) is 5.82 Å². The van der Waals surface area contributed by atoms with Crippen molar-refractivity contribution >= 4 is 11.6 Å². The Balaban J connectivity index is 1.80. The van der Waals surface area contributed by atoms with Gasteiger partial charge in [-0.05, 0) is 41.8 Å². The van der Waals surface area contributed by atoms with Gasteiger partial charge in [-0.2, -0.15) is 0 Å². The third kappa shape index (κ3) is 1.84. The lowest BCUT2D eigenvalue weighted by Crippen LogP contribution is -2.53. The van der Waals surface area contributed by atoms with Crippen LogP contribution < -0.4 is 5.32 Å². The molecule has 0 amide bonds. The van der Waals surface area contributed by atoms with E-state index in [2.05, 4.69) is 15.2 Å². The molecule has 3 aliphatic heterocycles. The van der Waals surface area contributed by atoms with E-state index in [0.717, 1.165) is 19.6 Å². The van der Waals surface area contributed by atoms with Crippen molar-refractivity contribution in [2.24, 2.45) is 13.0 Å². The van der Waals surface area contributed by atoms with E-state index in [0.29, 0.717) is 17.8 Å². The van der Waals surface area contributed by atoms with E-state index in [4.69, 9.17) is 0 Å². The predicted molar refractivity (Wildman–Crippen MR) is 66.4 cm³/mol. The number of aromatic nitrogens is 2. The van der Waals surface area contributed by atoms with Gasteiger partial charge >= 0.3 is 5.82 Å². The zero-order valence-corrected chi connectivity index (χ0v) is 10.4. The van der Waals surface area contributed by atoms with Crippen molar-refractivity contribution in [2.45, 2.75) is 18.9 Å². The van der Waals surface area contributed by atoms with Crippen molar-refractivity contribution in [3.8, 4) is 0 Å². The SMILES string of the molecule is Cn1cnc([N+](=O)[O-])c1NC1CN2CCC1CC2. The van der Waals surface area contributed by atoms with E-state index in [1.807, 2.05) is 0 Å². The van der Waals surface area contributed by atoms with Crippen LogP contribution in [0.3, 0.4) is 0 Å². The summed E-state index contributed by atoms with van der Waals surface area (Å²) in [6.45, 7) is 3.31. The number of imidazole rings is 1. The summed E-state index contributed by atoms with van der Waals surface area (Å²) in [4.78, 5) is 16.7. The molecule has 7 heteroatoms. The Hall–Kier alpha value is -1.63. The van der Waals surface area contributed by atoms with Gasteiger partial charge < -0.3 is 20.3 Å². The van der Waals surface area contributed by atoms with Crippen LogP contribution in [0, 0.1) is 16.0 Å². The van der Waals surface area contributed by atoms with Crippen LogP contribution in [0.4, 0.5) is 11.6 Å². The van der Waals surface area contributed by atoms with Gasteiger partial charge in [-0.1, -0.05) is 0 Å². The minimum Gasteiger partial charge on any atom is -0.360 e. The van der Waals surface area contributed by atoms with Crippen LogP contribution in [-0.2, 0) is 7.05 Å². The molecule has 3 saturated heterocycles.